The number of piperidine rings is 1. The second-order valence-corrected chi connectivity index (χ2v) is 6.15. The number of carbonyl (C=O) groups excluding carboxylic acids is 2. The van der Waals surface area contributed by atoms with Crippen LogP contribution in [-0.4, -0.2) is 35.8 Å². The molecule has 1 aromatic rings. The van der Waals surface area contributed by atoms with Crippen LogP contribution in [0.2, 0.25) is 0 Å². The molecule has 0 aromatic heterocycles. The van der Waals surface area contributed by atoms with Crippen molar-refractivity contribution in [2.45, 2.75) is 45.6 Å². The molecule has 0 unspecified atom stereocenters. The summed E-state index contributed by atoms with van der Waals surface area (Å²) in [6.07, 6.45) is 3.80. The highest BCUT2D eigenvalue weighted by molar-refractivity contribution is 5.94. The molecule has 1 aromatic carbocycles. The van der Waals surface area contributed by atoms with Gasteiger partial charge >= 0.3 is 0 Å². The molecule has 1 saturated heterocycles. The Labute approximate surface area is 132 Å². The second-order valence-electron chi connectivity index (χ2n) is 6.15. The van der Waals surface area contributed by atoms with E-state index in [0.29, 0.717) is 12.1 Å². The molecule has 4 heteroatoms. The van der Waals surface area contributed by atoms with Crippen molar-refractivity contribution in [3.8, 4) is 0 Å². The van der Waals surface area contributed by atoms with Gasteiger partial charge in [-0.05, 0) is 38.3 Å². The van der Waals surface area contributed by atoms with Gasteiger partial charge in [-0.3, -0.25) is 9.59 Å². The Kier molecular flexibility index (Phi) is 5.99. The Hall–Kier alpha value is -1.84. The number of nitrogens with one attached hydrogen (secondary N) is 1. The van der Waals surface area contributed by atoms with Gasteiger partial charge in [-0.1, -0.05) is 31.5 Å². The summed E-state index contributed by atoms with van der Waals surface area (Å²) in [6, 6.07) is 9.50. The highest BCUT2D eigenvalue weighted by atomic mass is 16.2. The molecule has 1 heterocycles. The minimum atomic E-state index is -0.0827. The molecule has 2 atom stereocenters. The maximum absolute atomic E-state index is 12.5. The highest BCUT2D eigenvalue weighted by Gasteiger charge is 2.29. The molecule has 1 aliphatic rings. The standard InChI is InChI=1S/C18H26N2O2/c1-3-8-14(2)19-17(21)16-11-7-12-20(13-16)18(22)15-9-5-4-6-10-15/h4-6,9-10,14,16H,3,7-8,11-13H2,1-2H3,(H,19,21)/t14-,16+/m0/s1. The Morgan fingerprint density at radius 2 is 2.05 bits per heavy atom. The van der Waals surface area contributed by atoms with Crippen LogP contribution in [0.15, 0.2) is 30.3 Å². The Bertz CT molecular complexity index is 501. The van der Waals surface area contributed by atoms with E-state index in [1.165, 1.54) is 0 Å². The van der Waals surface area contributed by atoms with Crippen molar-refractivity contribution < 1.29 is 9.59 Å². The predicted molar refractivity (Wildman–Crippen MR) is 87.6 cm³/mol. The van der Waals surface area contributed by atoms with Crippen LogP contribution in [0, 0.1) is 5.92 Å². The first-order valence-corrected chi connectivity index (χ1v) is 8.26. The van der Waals surface area contributed by atoms with E-state index in [9.17, 15) is 9.59 Å². The third-order valence-electron chi connectivity index (χ3n) is 4.21. The maximum atomic E-state index is 12.5. The van der Waals surface area contributed by atoms with Gasteiger partial charge in [0.05, 0.1) is 5.92 Å². The number of likely N-dealkylation sites (tertiary alicyclic amines) is 1. The quantitative estimate of drug-likeness (QED) is 0.909. The van der Waals surface area contributed by atoms with Crippen LogP contribution in [0.3, 0.4) is 0 Å². The number of benzene rings is 1. The lowest BCUT2D eigenvalue weighted by Gasteiger charge is -2.32. The molecule has 120 valence electrons. The molecule has 0 spiro atoms. The summed E-state index contributed by atoms with van der Waals surface area (Å²) in [4.78, 5) is 26.6. The second kappa shape index (κ2) is 7.97. The minimum Gasteiger partial charge on any atom is -0.353 e. The SMILES string of the molecule is CCC[C@H](C)NC(=O)[C@@H]1CCCN(C(=O)c2ccccc2)C1. The van der Waals surface area contributed by atoms with Crippen LogP contribution in [-0.2, 0) is 4.79 Å². The van der Waals surface area contributed by atoms with Crippen molar-refractivity contribution in [2.24, 2.45) is 5.92 Å². The van der Waals surface area contributed by atoms with Gasteiger partial charge in [0.2, 0.25) is 5.91 Å². The number of hydrogen-bond acceptors (Lipinski definition) is 2. The normalized spacial score (nSPS) is 19.5. The van der Waals surface area contributed by atoms with Crippen molar-refractivity contribution in [1.29, 1.82) is 0 Å². The van der Waals surface area contributed by atoms with Gasteiger partial charge in [-0.15, -0.1) is 0 Å². The van der Waals surface area contributed by atoms with Gasteiger partial charge in [-0.25, -0.2) is 0 Å². The summed E-state index contributed by atoms with van der Waals surface area (Å²) < 4.78 is 0. The van der Waals surface area contributed by atoms with Crippen molar-refractivity contribution in [3.63, 3.8) is 0 Å². The third-order valence-corrected chi connectivity index (χ3v) is 4.21. The van der Waals surface area contributed by atoms with Crippen LogP contribution >= 0.6 is 0 Å². The minimum absolute atomic E-state index is 0.0275. The zero-order valence-corrected chi connectivity index (χ0v) is 13.5. The lowest BCUT2D eigenvalue weighted by atomic mass is 9.96. The molecular formula is C18H26N2O2. The van der Waals surface area contributed by atoms with Gasteiger partial charge in [0.25, 0.3) is 5.91 Å². The van der Waals surface area contributed by atoms with E-state index >= 15 is 0 Å². The molecule has 0 saturated carbocycles. The average molecular weight is 302 g/mol. The molecule has 1 fully saturated rings. The van der Waals surface area contributed by atoms with Crippen LogP contribution < -0.4 is 5.32 Å². The summed E-state index contributed by atoms with van der Waals surface area (Å²) in [7, 11) is 0. The molecule has 4 nitrogen and oxygen atoms in total. The van der Waals surface area contributed by atoms with E-state index in [1.807, 2.05) is 42.2 Å². The van der Waals surface area contributed by atoms with Crippen molar-refractivity contribution in [1.82, 2.24) is 10.2 Å². The van der Waals surface area contributed by atoms with Crippen LogP contribution in [0.1, 0.15) is 49.9 Å². The molecular weight excluding hydrogens is 276 g/mol. The number of hydrogen-bond donors (Lipinski definition) is 1. The van der Waals surface area contributed by atoms with Gasteiger partial charge in [0, 0.05) is 24.7 Å². The fourth-order valence-corrected chi connectivity index (χ4v) is 3.00. The van der Waals surface area contributed by atoms with E-state index in [-0.39, 0.29) is 23.8 Å². The smallest absolute Gasteiger partial charge is 0.253 e. The van der Waals surface area contributed by atoms with E-state index in [4.69, 9.17) is 0 Å². The Morgan fingerprint density at radius 1 is 1.32 bits per heavy atom. The highest BCUT2D eigenvalue weighted by Crippen LogP contribution is 2.19. The molecule has 0 aliphatic carbocycles. The van der Waals surface area contributed by atoms with Crippen LogP contribution in [0.4, 0.5) is 0 Å². The van der Waals surface area contributed by atoms with Gasteiger partial charge in [0.15, 0.2) is 0 Å². The molecule has 2 amide bonds. The van der Waals surface area contributed by atoms with E-state index in [0.717, 1.165) is 32.2 Å². The summed E-state index contributed by atoms with van der Waals surface area (Å²) in [6.45, 7) is 5.42. The Morgan fingerprint density at radius 3 is 2.73 bits per heavy atom. The molecule has 2 rings (SSSR count). The van der Waals surface area contributed by atoms with Gasteiger partial charge in [0.1, 0.15) is 0 Å². The lowest BCUT2D eigenvalue weighted by Crippen LogP contribution is -2.47. The first kappa shape index (κ1) is 16.5. The molecule has 1 aliphatic heterocycles. The third kappa shape index (κ3) is 4.33. The molecule has 0 radical (unpaired) electrons. The number of carbonyl (C=O) groups is 2. The zero-order chi connectivity index (χ0) is 15.9. The number of nitrogens with zero attached hydrogens (tertiary/aromatic N) is 1. The summed E-state index contributed by atoms with van der Waals surface area (Å²) in [5.41, 5.74) is 0.697. The Balaban J connectivity index is 1.94. The lowest BCUT2D eigenvalue weighted by molar-refractivity contribution is -0.127. The topological polar surface area (TPSA) is 49.4 Å². The number of rotatable bonds is 5. The number of amides is 2. The molecule has 22 heavy (non-hydrogen) atoms. The molecule has 1 N–H and O–H groups in total. The van der Waals surface area contributed by atoms with Crippen molar-refractivity contribution in [2.75, 3.05) is 13.1 Å². The van der Waals surface area contributed by atoms with Crippen molar-refractivity contribution >= 4 is 11.8 Å². The monoisotopic (exact) mass is 302 g/mol. The van der Waals surface area contributed by atoms with E-state index in [2.05, 4.69) is 12.2 Å². The summed E-state index contributed by atoms with van der Waals surface area (Å²) >= 11 is 0. The zero-order valence-electron chi connectivity index (χ0n) is 13.5. The average Bonchev–Trinajstić information content (AvgIpc) is 2.55. The van der Waals surface area contributed by atoms with Gasteiger partial charge < -0.3 is 10.2 Å². The fourth-order valence-electron chi connectivity index (χ4n) is 3.00. The van der Waals surface area contributed by atoms with Gasteiger partial charge in [-0.2, -0.15) is 0 Å². The maximum Gasteiger partial charge on any atom is 0.253 e. The molecule has 0 bridgehead atoms. The summed E-state index contributed by atoms with van der Waals surface area (Å²) in [5, 5.41) is 3.07. The first-order valence-electron chi connectivity index (χ1n) is 8.26. The fraction of sp³-hybridized carbons (Fsp3) is 0.556. The summed E-state index contributed by atoms with van der Waals surface area (Å²) in [5.74, 6) is 0.0342. The van der Waals surface area contributed by atoms with Crippen LogP contribution in [0.5, 0.6) is 0 Å². The largest absolute Gasteiger partial charge is 0.353 e. The first-order chi connectivity index (χ1) is 10.6. The van der Waals surface area contributed by atoms with Crippen molar-refractivity contribution in [3.05, 3.63) is 35.9 Å². The van der Waals surface area contributed by atoms with Crippen LogP contribution in [0.25, 0.3) is 0 Å². The van der Waals surface area contributed by atoms with E-state index < -0.39 is 0 Å². The van der Waals surface area contributed by atoms with E-state index in [1.54, 1.807) is 0 Å². The predicted octanol–water partition coefficient (Wildman–Crippen LogP) is 2.84.